The summed E-state index contributed by atoms with van der Waals surface area (Å²) in [4.78, 5) is 0. The first-order valence-corrected chi connectivity index (χ1v) is 8.17. The lowest BCUT2D eigenvalue weighted by Gasteiger charge is -2.10. The third-order valence-corrected chi connectivity index (χ3v) is 4.19. The maximum atomic E-state index is 6.12. The van der Waals surface area contributed by atoms with Gasteiger partial charge in [-0.05, 0) is 23.3 Å². The fourth-order valence-electron chi connectivity index (χ4n) is 2.96. The Bertz CT molecular complexity index is 916. The molecular formula is C23H18O. The van der Waals surface area contributed by atoms with Crippen LogP contribution in [0.1, 0.15) is 22.8 Å². The maximum absolute atomic E-state index is 6.12. The topological polar surface area (TPSA) is 13.1 Å². The van der Waals surface area contributed by atoms with Crippen molar-refractivity contribution in [2.75, 3.05) is 0 Å². The molecule has 24 heavy (non-hydrogen) atoms. The summed E-state index contributed by atoms with van der Waals surface area (Å²) in [6, 6.07) is 31.1. The van der Waals surface area contributed by atoms with Crippen molar-refractivity contribution in [3.63, 3.8) is 0 Å². The monoisotopic (exact) mass is 310 g/mol. The second-order valence-corrected chi connectivity index (χ2v) is 5.84. The molecule has 0 radical (unpaired) electrons. The van der Waals surface area contributed by atoms with E-state index in [1.165, 1.54) is 11.1 Å². The van der Waals surface area contributed by atoms with E-state index in [1.807, 2.05) is 30.3 Å². The van der Waals surface area contributed by atoms with Crippen LogP contribution < -0.4 is 0 Å². The molecule has 1 heteroatoms. The second kappa shape index (κ2) is 6.59. The standard InChI is InChI=1S/C23H18O/c1-3-9-18(10-4-1)15-16-21(19-11-5-2-6-12-19)23-17-20-13-7-8-14-22(20)24-23/h1-17,21H/b16-15+. The number of hydrogen-bond acceptors (Lipinski definition) is 1. The van der Waals surface area contributed by atoms with Crippen molar-refractivity contribution in [2.24, 2.45) is 0 Å². The van der Waals surface area contributed by atoms with E-state index in [1.54, 1.807) is 0 Å². The summed E-state index contributed by atoms with van der Waals surface area (Å²) in [5.74, 6) is 1.06. The molecule has 1 heterocycles. The summed E-state index contributed by atoms with van der Waals surface area (Å²) in [5, 5.41) is 1.14. The molecule has 1 aromatic heterocycles. The van der Waals surface area contributed by atoms with Crippen LogP contribution in [0.4, 0.5) is 0 Å². The molecule has 116 valence electrons. The molecule has 0 bridgehead atoms. The van der Waals surface area contributed by atoms with Crippen LogP contribution in [0.5, 0.6) is 0 Å². The normalized spacial score (nSPS) is 12.7. The van der Waals surface area contributed by atoms with Crippen LogP contribution in [0.3, 0.4) is 0 Å². The van der Waals surface area contributed by atoms with Gasteiger partial charge in [0.15, 0.2) is 0 Å². The highest BCUT2D eigenvalue weighted by Gasteiger charge is 2.15. The van der Waals surface area contributed by atoms with Gasteiger partial charge >= 0.3 is 0 Å². The zero-order valence-electron chi connectivity index (χ0n) is 13.3. The van der Waals surface area contributed by atoms with Crippen LogP contribution in [0, 0.1) is 0 Å². The second-order valence-electron chi connectivity index (χ2n) is 5.84. The van der Waals surface area contributed by atoms with E-state index in [2.05, 4.69) is 72.8 Å². The quantitative estimate of drug-likeness (QED) is 0.432. The number of furan rings is 1. The third kappa shape index (κ3) is 3.02. The first-order chi connectivity index (χ1) is 11.9. The zero-order chi connectivity index (χ0) is 16.2. The Kier molecular flexibility index (Phi) is 3.99. The molecule has 0 spiro atoms. The highest BCUT2D eigenvalue weighted by atomic mass is 16.3. The molecule has 0 saturated heterocycles. The first kappa shape index (κ1) is 14.5. The van der Waals surface area contributed by atoms with E-state index in [0.717, 1.165) is 16.7 Å². The van der Waals surface area contributed by atoms with Gasteiger partial charge in [-0.2, -0.15) is 0 Å². The Morgan fingerprint density at radius 3 is 2.12 bits per heavy atom. The number of benzene rings is 3. The first-order valence-electron chi connectivity index (χ1n) is 8.17. The van der Waals surface area contributed by atoms with Crippen molar-refractivity contribution in [3.8, 4) is 0 Å². The van der Waals surface area contributed by atoms with Gasteiger partial charge in [0, 0.05) is 5.39 Å². The molecule has 4 aromatic rings. The van der Waals surface area contributed by atoms with Crippen molar-refractivity contribution in [1.29, 1.82) is 0 Å². The van der Waals surface area contributed by atoms with E-state index in [-0.39, 0.29) is 5.92 Å². The molecule has 1 nitrogen and oxygen atoms in total. The lowest BCUT2D eigenvalue weighted by Crippen LogP contribution is -1.95. The van der Waals surface area contributed by atoms with Gasteiger partial charge < -0.3 is 4.42 Å². The Morgan fingerprint density at radius 2 is 1.38 bits per heavy atom. The minimum Gasteiger partial charge on any atom is -0.460 e. The largest absolute Gasteiger partial charge is 0.460 e. The van der Waals surface area contributed by atoms with Crippen molar-refractivity contribution >= 4 is 17.0 Å². The fraction of sp³-hybridized carbons (Fsp3) is 0.0435. The van der Waals surface area contributed by atoms with Crippen molar-refractivity contribution in [3.05, 3.63) is 114 Å². The highest BCUT2D eigenvalue weighted by molar-refractivity contribution is 5.78. The highest BCUT2D eigenvalue weighted by Crippen LogP contribution is 2.31. The number of hydrogen-bond donors (Lipinski definition) is 0. The van der Waals surface area contributed by atoms with E-state index >= 15 is 0 Å². The SMILES string of the molecule is C(=C\C(c1ccccc1)c1cc2ccccc2o1)/c1ccccc1. The van der Waals surface area contributed by atoms with Gasteiger partial charge in [-0.3, -0.25) is 0 Å². The van der Waals surface area contributed by atoms with Crippen molar-refractivity contribution < 1.29 is 4.42 Å². The van der Waals surface area contributed by atoms with Crippen LogP contribution in [0.15, 0.2) is 101 Å². The molecular weight excluding hydrogens is 292 g/mol. The molecule has 3 aromatic carbocycles. The van der Waals surface area contributed by atoms with Gasteiger partial charge in [-0.1, -0.05) is 91.0 Å². The summed E-state index contributed by atoms with van der Waals surface area (Å²) in [5.41, 5.74) is 3.35. The van der Waals surface area contributed by atoms with E-state index in [9.17, 15) is 0 Å². The van der Waals surface area contributed by atoms with Gasteiger partial charge in [0.1, 0.15) is 11.3 Å². The fourth-order valence-corrected chi connectivity index (χ4v) is 2.96. The zero-order valence-corrected chi connectivity index (χ0v) is 13.3. The molecule has 0 saturated carbocycles. The van der Waals surface area contributed by atoms with E-state index < -0.39 is 0 Å². The minimum atomic E-state index is 0.0961. The van der Waals surface area contributed by atoms with E-state index in [0.29, 0.717) is 0 Å². The van der Waals surface area contributed by atoms with Gasteiger partial charge in [-0.15, -0.1) is 0 Å². The van der Waals surface area contributed by atoms with Gasteiger partial charge in [0.2, 0.25) is 0 Å². The summed E-state index contributed by atoms with van der Waals surface area (Å²) in [7, 11) is 0. The maximum Gasteiger partial charge on any atom is 0.134 e. The lowest BCUT2D eigenvalue weighted by atomic mass is 9.95. The van der Waals surface area contributed by atoms with Gasteiger partial charge in [-0.25, -0.2) is 0 Å². The molecule has 0 fully saturated rings. The summed E-state index contributed by atoms with van der Waals surface area (Å²) >= 11 is 0. The Balaban J connectivity index is 1.77. The summed E-state index contributed by atoms with van der Waals surface area (Å²) in [6.45, 7) is 0. The van der Waals surface area contributed by atoms with Gasteiger partial charge in [0.05, 0.1) is 5.92 Å². The molecule has 0 amide bonds. The molecule has 0 aliphatic rings. The smallest absolute Gasteiger partial charge is 0.134 e. The Hall–Kier alpha value is -3.06. The molecule has 0 N–H and O–H groups in total. The third-order valence-electron chi connectivity index (χ3n) is 4.19. The van der Waals surface area contributed by atoms with Crippen LogP contribution >= 0.6 is 0 Å². The molecule has 1 unspecified atom stereocenters. The average Bonchev–Trinajstić information content (AvgIpc) is 3.07. The number of para-hydroxylation sites is 1. The summed E-state index contributed by atoms with van der Waals surface area (Å²) in [6.07, 6.45) is 4.37. The Morgan fingerprint density at radius 1 is 0.708 bits per heavy atom. The van der Waals surface area contributed by atoms with E-state index in [4.69, 9.17) is 4.42 Å². The van der Waals surface area contributed by atoms with Crippen LogP contribution in [-0.4, -0.2) is 0 Å². The number of fused-ring (bicyclic) bond motifs is 1. The Labute approximate surface area is 141 Å². The number of rotatable bonds is 4. The van der Waals surface area contributed by atoms with Crippen LogP contribution in [-0.2, 0) is 0 Å². The molecule has 1 atom stereocenters. The number of allylic oxidation sites excluding steroid dienone is 1. The van der Waals surface area contributed by atoms with Gasteiger partial charge in [0.25, 0.3) is 0 Å². The molecule has 0 aliphatic carbocycles. The molecule has 0 aliphatic heterocycles. The summed E-state index contributed by atoms with van der Waals surface area (Å²) < 4.78 is 6.12. The van der Waals surface area contributed by atoms with Crippen molar-refractivity contribution in [1.82, 2.24) is 0 Å². The average molecular weight is 310 g/mol. The van der Waals surface area contributed by atoms with Crippen LogP contribution in [0.25, 0.3) is 17.0 Å². The predicted molar refractivity (Wildman–Crippen MR) is 100.0 cm³/mol. The predicted octanol–water partition coefficient (Wildman–Crippen LogP) is 6.28. The molecule has 4 rings (SSSR count). The minimum absolute atomic E-state index is 0.0961. The van der Waals surface area contributed by atoms with Crippen molar-refractivity contribution in [2.45, 2.75) is 5.92 Å². The lowest BCUT2D eigenvalue weighted by molar-refractivity contribution is 0.546. The van der Waals surface area contributed by atoms with Crippen LogP contribution in [0.2, 0.25) is 0 Å².